The number of fused-ring (bicyclic) bond motifs is 1. The largest absolute Gasteiger partial charge is 0.360 e. The molecular formula is C12H14N4O. The van der Waals surface area contributed by atoms with Crippen LogP contribution in [-0.4, -0.2) is 21.7 Å². The van der Waals surface area contributed by atoms with E-state index in [9.17, 15) is 0 Å². The molecule has 0 atom stereocenters. The molecule has 1 N–H and O–H groups in total. The van der Waals surface area contributed by atoms with Crippen LogP contribution in [0.5, 0.6) is 0 Å². The van der Waals surface area contributed by atoms with Gasteiger partial charge < -0.3 is 9.84 Å². The normalized spacial score (nSPS) is 17.8. The SMILES string of the molecule is CC1(C)CNCc2c(-c3ncccn3)noc21. The Hall–Kier alpha value is -1.75. The minimum Gasteiger partial charge on any atom is -0.360 e. The van der Waals surface area contributed by atoms with E-state index in [1.165, 1.54) is 0 Å². The molecule has 88 valence electrons. The molecule has 2 aromatic rings. The first-order valence-corrected chi connectivity index (χ1v) is 5.65. The molecule has 2 aromatic heterocycles. The zero-order chi connectivity index (χ0) is 11.9. The van der Waals surface area contributed by atoms with Gasteiger partial charge in [0.15, 0.2) is 11.5 Å². The third-order valence-electron chi connectivity index (χ3n) is 3.05. The van der Waals surface area contributed by atoms with Crippen molar-refractivity contribution in [3.63, 3.8) is 0 Å². The summed E-state index contributed by atoms with van der Waals surface area (Å²) in [6.07, 6.45) is 3.43. The highest BCUT2D eigenvalue weighted by Gasteiger charge is 2.34. The number of nitrogens with zero attached hydrogens (tertiary/aromatic N) is 3. The van der Waals surface area contributed by atoms with Gasteiger partial charge in [0.2, 0.25) is 0 Å². The topological polar surface area (TPSA) is 63.8 Å². The number of rotatable bonds is 1. The van der Waals surface area contributed by atoms with Crippen molar-refractivity contribution in [2.24, 2.45) is 0 Å². The predicted molar refractivity (Wildman–Crippen MR) is 62.3 cm³/mol. The molecule has 3 heterocycles. The van der Waals surface area contributed by atoms with Crippen LogP contribution in [0.2, 0.25) is 0 Å². The third-order valence-corrected chi connectivity index (χ3v) is 3.05. The highest BCUT2D eigenvalue weighted by molar-refractivity contribution is 5.56. The van der Waals surface area contributed by atoms with Crippen LogP contribution in [0, 0.1) is 0 Å². The van der Waals surface area contributed by atoms with E-state index < -0.39 is 0 Å². The highest BCUT2D eigenvalue weighted by Crippen LogP contribution is 2.34. The molecule has 0 saturated carbocycles. The van der Waals surface area contributed by atoms with Gasteiger partial charge in [0.1, 0.15) is 5.76 Å². The van der Waals surface area contributed by atoms with Crippen LogP contribution in [0.4, 0.5) is 0 Å². The molecule has 17 heavy (non-hydrogen) atoms. The van der Waals surface area contributed by atoms with Crippen LogP contribution in [0.1, 0.15) is 25.2 Å². The van der Waals surface area contributed by atoms with Gasteiger partial charge in [-0.25, -0.2) is 9.97 Å². The Morgan fingerprint density at radius 1 is 1.29 bits per heavy atom. The van der Waals surface area contributed by atoms with E-state index in [-0.39, 0.29) is 5.41 Å². The first-order chi connectivity index (χ1) is 8.18. The molecule has 0 unspecified atom stereocenters. The molecule has 5 nitrogen and oxygen atoms in total. The summed E-state index contributed by atoms with van der Waals surface area (Å²) in [6.45, 7) is 5.93. The lowest BCUT2D eigenvalue weighted by Crippen LogP contribution is -2.38. The molecule has 0 radical (unpaired) electrons. The molecule has 0 aliphatic carbocycles. The third kappa shape index (κ3) is 1.63. The van der Waals surface area contributed by atoms with Crippen LogP contribution in [0.15, 0.2) is 23.0 Å². The van der Waals surface area contributed by atoms with Crippen LogP contribution in [0.3, 0.4) is 0 Å². The van der Waals surface area contributed by atoms with Crippen molar-refractivity contribution in [2.75, 3.05) is 6.54 Å². The molecule has 0 saturated heterocycles. The minimum absolute atomic E-state index is 0.0341. The maximum atomic E-state index is 5.49. The Morgan fingerprint density at radius 2 is 2.06 bits per heavy atom. The Balaban J connectivity index is 2.13. The van der Waals surface area contributed by atoms with E-state index in [0.717, 1.165) is 30.1 Å². The first-order valence-electron chi connectivity index (χ1n) is 5.65. The standard InChI is InChI=1S/C12H14N4O/c1-12(2)7-13-6-8-9(16-17-10(8)12)11-14-4-3-5-15-11/h3-5,13H,6-7H2,1-2H3. The van der Waals surface area contributed by atoms with Gasteiger partial charge in [-0.05, 0) is 6.07 Å². The summed E-state index contributed by atoms with van der Waals surface area (Å²) in [5, 5.41) is 7.50. The fourth-order valence-corrected chi connectivity index (χ4v) is 2.18. The second-order valence-corrected chi connectivity index (χ2v) is 4.90. The van der Waals surface area contributed by atoms with E-state index in [2.05, 4.69) is 34.3 Å². The molecule has 1 aliphatic rings. The van der Waals surface area contributed by atoms with Crippen LogP contribution in [-0.2, 0) is 12.0 Å². The number of hydrogen-bond acceptors (Lipinski definition) is 5. The molecule has 5 heteroatoms. The van der Waals surface area contributed by atoms with E-state index in [0.29, 0.717) is 5.82 Å². The van der Waals surface area contributed by atoms with Gasteiger partial charge in [0.25, 0.3) is 0 Å². The number of aromatic nitrogens is 3. The van der Waals surface area contributed by atoms with Crippen molar-refractivity contribution in [3.05, 3.63) is 29.8 Å². The lowest BCUT2D eigenvalue weighted by Gasteiger charge is -2.27. The summed E-state index contributed by atoms with van der Waals surface area (Å²) in [7, 11) is 0. The highest BCUT2D eigenvalue weighted by atomic mass is 16.5. The zero-order valence-electron chi connectivity index (χ0n) is 9.90. The van der Waals surface area contributed by atoms with E-state index in [4.69, 9.17) is 4.52 Å². The molecule has 0 aromatic carbocycles. The summed E-state index contributed by atoms with van der Waals surface area (Å²) in [5.41, 5.74) is 1.79. The quantitative estimate of drug-likeness (QED) is 0.804. The second kappa shape index (κ2) is 3.63. The summed E-state index contributed by atoms with van der Waals surface area (Å²) in [6, 6.07) is 1.79. The van der Waals surface area contributed by atoms with Crippen molar-refractivity contribution in [1.29, 1.82) is 0 Å². The van der Waals surface area contributed by atoms with Gasteiger partial charge >= 0.3 is 0 Å². The maximum absolute atomic E-state index is 5.49. The van der Waals surface area contributed by atoms with E-state index >= 15 is 0 Å². The molecule has 1 aliphatic heterocycles. The molecule has 0 bridgehead atoms. The fraction of sp³-hybridized carbons (Fsp3) is 0.417. The van der Waals surface area contributed by atoms with Crippen LogP contribution in [0.25, 0.3) is 11.5 Å². The van der Waals surface area contributed by atoms with Crippen molar-refractivity contribution in [1.82, 2.24) is 20.4 Å². The Bertz CT molecular complexity index is 533. The Morgan fingerprint density at radius 3 is 2.82 bits per heavy atom. The Kier molecular flexibility index (Phi) is 2.22. The van der Waals surface area contributed by atoms with Crippen LogP contribution < -0.4 is 5.32 Å². The second-order valence-electron chi connectivity index (χ2n) is 4.90. The van der Waals surface area contributed by atoms with Gasteiger partial charge in [-0.3, -0.25) is 0 Å². The van der Waals surface area contributed by atoms with Gasteiger partial charge in [-0.15, -0.1) is 0 Å². The Labute approximate surface area is 99.3 Å². The van der Waals surface area contributed by atoms with Crippen molar-refractivity contribution in [3.8, 4) is 11.5 Å². The molecule has 0 amide bonds. The number of hydrogen-bond donors (Lipinski definition) is 1. The van der Waals surface area contributed by atoms with Gasteiger partial charge in [-0.1, -0.05) is 19.0 Å². The zero-order valence-corrected chi connectivity index (χ0v) is 9.90. The van der Waals surface area contributed by atoms with Gasteiger partial charge in [0, 0.05) is 36.5 Å². The van der Waals surface area contributed by atoms with Gasteiger partial charge in [-0.2, -0.15) is 0 Å². The minimum atomic E-state index is -0.0341. The molecule has 3 rings (SSSR count). The van der Waals surface area contributed by atoms with Crippen molar-refractivity contribution in [2.45, 2.75) is 25.8 Å². The van der Waals surface area contributed by atoms with E-state index in [1.807, 2.05) is 0 Å². The molecule has 0 spiro atoms. The monoisotopic (exact) mass is 230 g/mol. The van der Waals surface area contributed by atoms with E-state index in [1.54, 1.807) is 18.5 Å². The lowest BCUT2D eigenvalue weighted by molar-refractivity contribution is 0.292. The average Bonchev–Trinajstić information content (AvgIpc) is 2.75. The summed E-state index contributed by atoms with van der Waals surface area (Å²) >= 11 is 0. The van der Waals surface area contributed by atoms with Crippen molar-refractivity contribution >= 4 is 0 Å². The fourth-order valence-electron chi connectivity index (χ4n) is 2.18. The summed E-state index contributed by atoms with van der Waals surface area (Å²) in [5.74, 6) is 1.57. The van der Waals surface area contributed by atoms with Crippen molar-refractivity contribution < 1.29 is 4.52 Å². The average molecular weight is 230 g/mol. The van der Waals surface area contributed by atoms with Gasteiger partial charge in [0.05, 0.1) is 0 Å². The predicted octanol–water partition coefficient (Wildman–Crippen LogP) is 1.51. The number of nitrogens with one attached hydrogen (secondary N) is 1. The smallest absolute Gasteiger partial charge is 0.182 e. The molecule has 0 fully saturated rings. The summed E-state index contributed by atoms with van der Waals surface area (Å²) < 4.78 is 5.49. The van der Waals surface area contributed by atoms with Crippen LogP contribution >= 0.6 is 0 Å². The summed E-state index contributed by atoms with van der Waals surface area (Å²) in [4.78, 5) is 8.43. The first kappa shape index (κ1) is 10.4. The maximum Gasteiger partial charge on any atom is 0.182 e. The molecular weight excluding hydrogens is 216 g/mol. The lowest BCUT2D eigenvalue weighted by atomic mass is 9.84.